The van der Waals surface area contributed by atoms with E-state index in [4.69, 9.17) is 0 Å². The van der Waals surface area contributed by atoms with Crippen LogP contribution in [0.15, 0.2) is 11.1 Å². The highest BCUT2D eigenvalue weighted by Crippen LogP contribution is 2.15. The van der Waals surface area contributed by atoms with Gasteiger partial charge in [0.25, 0.3) is 5.56 Å². The van der Waals surface area contributed by atoms with E-state index < -0.39 is 0 Å². The van der Waals surface area contributed by atoms with Gasteiger partial charge in [-0.2, -0.15) is 4.37 Å². The predicted molar refractivity (Wildman–Crippen MR) is 69.6 cm³/mol. The number of fused-ring (bicyclic) bond motifs is 1. The molecule has 17 heavy (non-hydrogen) atoms. The summed E-state index contributed by atoms with van der Waals surface area (Å²) in [6.45, 7) is 3.55. The molecule has 2 rings (SSSR count). The molecule has 0 unspecified atom stereocenters. The molecule has 2 aromatic heterocycles. The maximum atomic E-state index is 12.1. The van der Waals surface area contributed by atoms with Gasteiger partial charge < -0.3 is 5.32 Å². The number of hydrogen-bond donors (Lipinski definition) is 1. The van der Waals surface area contributed by atoms with E-state index in [0.29, 0.717) is 5.39 Å². The standard InChI is InChI=1S/C11H16N4OS/c1-8-9-10(17-14-8)13-7-15(11(9)16)6-4-3-5-12-2/h7,12H,3-6H2,1-2H3. The number of nitrogens with zero attached hydrogens (tertiary/aromatic N) is 3. The summed E-state index contributed by atoms with van der Waals surface area (Å²) in [5.74, 6) is 0. The molecule has 0 saturated carbocycles. The molecule has 92 valence electrons. The van der Waals surface area contributed by atoms with Gasteiger partial charge in [0.2, 0.25) is 0 Å². The molecule has 0 aliphatic rings. The van der Waals surface area contributed by atoms with Gasteiger partial charge in [-0.15, -0.1) is 0 Å². The molecule has 0 radical (unpaired) electrons. The molecule has 6 heteroatoms. The molecule has 0 atom stereocenters. The lowest BCUT2D eigenvalue weighted by Crippen LogP contribution is -2.21. The smallest absolute Gasteiger partial charge is 0.263 e. The van der Waals surface area contributed by atoms with Crippen LogP contribution in [0.2, 0.25) is 0 Å². The molecule has 2 aromatic rings. The highest BCUT2D eigenvalue weighted by Gasteiger charge is 2.09. The third kappa shape index (κ3) is 2.53. The van der Waals surface area contributed by atoms with Gasteiger partial charge in [-0.05, 0) is 44.9 Å². The van der Waals surface area contributed by atoms with Crippen molar-refractivity contribution in [3.05, 3.63) is 22.4 Å². The minimum Gasteiger partial charge on any atom is -0.320 e. The monoisotopic (exact) mass is 252 g/mol. The molecule has 0 saturated heterocycles. The molecule has 0 spiro atoms. The van der Waals surface area contributed by atoms with E-state index in [0.717, 1.165) is 36.5 Å². The molecule has 0 fully saturated rings. The molecular weight excluding hydrogens is 236 g/mol. The molecule has 1 N–H and O–H groups in total. The van der Waals surface area contributed by atoms with Crippen molar-refractivity contribution in [2.45, 2.75) is 26.3 Å². The molecule has 0 aromatic carbocycles. The summed E-state index contributed by atoms with van der Waals surface area (Å²) in [4.78, 5) is 17.1. The maximum absolute atomic E-state index is 12.1. The van der Waals surface area contributed by atoms with E-state index in [1.807, 2.05) is 14.0 Å². The van der Waals surface area contributed by atoms with Crippen molar-refractivity contribution in [2.24, 2.45) is 0 Å². The van der Waals surface area contributed by atoms with Crippen LogP contribution in [0.3, 0.4) is 0 Å². The normalized spacial score (nSPS) is 11.2. The van der Waals surface area contributed by atoms with Crippen molar-refractivity contribution in [2.75, 3.05) is 13.6 Å². The Labute approximate surface area is 104 Å². The van der Waals surface area contributed by atoms with Crippen LogP contribution < -0.4 is 10.9 Å². The molecule has 2 heterocycles. The topological polar surface area (TPSA) is 59.8 Å². The predicted octanol–water partition coefficient (Wildman–Crippen LogP) is 1.16. The van der Waals surface area contributed by atoms with Crippen LogP contribution in [0.4, 0.5) is 0 Å². The molecule has 0 bridgehead atoms. The number of unbranched alkanes of at least 4 members (excludes halogenated alkanes) is 1. The zero-order valence-corrected chi connectivity index (χ0v) is 10.9. The number of aromatic nitrogens is 3. The van der Waals surface area contributed by atoms with E-state index in [1.165, 1.54) is 11.5 Å². The first-order chi connectivity index (χ1) is 8.24. The second kappa shape index (κ2) is 5.37. The number of hydrogen-bond acceptors (Lipinski definition) is 5. The maximum Gasteiger partial charge on any atom is 0.263 e. The van der Waals surface area contributed by atoms with Gasteiger partial charge in [0.1, 0.15) is 0 Å². The van der Waals surface area contributed by atoms with Gasteiger partial charge in [0.15, 0.2) is 4.83 Å². The summed E-state index contributed by atoms with van der Waals surface area (Å²) in [7, 11) is 1.93. The minimum atomic E-state index is 0.0331. The van der Waals surface area contributed by atoms with E-state index in [9.17, 15) is 4.79 Å². The van der Waals surface area contributed by atoms with E-state index >= 15 is 0 Å². The Bertz CT molecular complexity index is 560. The van der Waals surface area contributed by atoms with Crippen LogP contribution >= 0.6 is 11.5 Å². The average Bonchev–Trinajstić information content (AvgIpc) is 2.70. The Morgan fingerprint density at radius 2 is 2.29 bits per heavy atom. The zero-order chi connectivity index (χ0) is 12.3. The number of aryl methyl sites for hydroxylation is 2. The lowest BCUT2D eigenvalue weighted by molar-refractivity contribution is 0.575. The lowest BCUT2D eigenvalue weighted by atomic mass is 10.3. The highest BCUT2D eigenvalue weighted by molar-refractivity contribution is 7.12. The summed E-state index contributed by atoms with van der Waals surface area (Å²) in [6, 6.07) is 0. The Kier molecular flexibility index (Phi) is 3.86. The van der Waals surface area contributed by atoms with Crippen LogP contribution in [-0.4, -0.2) is 27.5 Å². The summed E-state index contributed by atoms with van der Waals surface area (Å²) < 4.78 is 5.84. The summed E-state index contributed by atoms with van der Waals surface area (Å²) >= 11 is 1.28. The lowest BCUT2D eigenvalue weighted by Gasteiger charge is -2.04. The van der Waals surface area contributed by atoms with E-state index in [1.54, 1.807) is 10.9 Å². The number of nitrogens with one attached hydrogen (secondary N) is 1. The Balaban J connectivity index is 2.21. The summed E-state index contributed by atoms with van der Waals surface area (Å²) in [6.07, 6.45) is 3.66. The van der Waals surface area contributed by atoms with E-state index in [-0.39, 0.29) is 5.56 Å². The van der Waals surface area contributed by atoms with Gasteiger partial charge in [-0.1, -0.05) is 0 Å². The van der Waals surface area contributed by atoms with Crippen molar-refractivity contribution >= 4 is 21.7 Å². The summed E-state index contributed by atoms with van der Waals surface area (Å²) in [5.41, 5.74) is 0.817. The molecule has 0 aliphatic carbocycles. The highest BCUT2D eigenvalue weighted by atomic mass is 32.1. The first-order valence-corrected chi connectivity index (χ1v) is 6.47. The Morgan fingerprint density at radius 1 is 1.47 bits per heavy atom. The van der Waals surface area contributed by atoms with Crippen molar-refractivity contribution in [3.8, 4) is 0 Å². The van der Waals surface area contributed by atoms with Gasteiger partial charge in [-0.3, -0.25) is 9.36 Å². The fourth-order valence-corrected chi connectivity index (χ4v) is 2.49. The van der Waals surface area contributed by atoms with Crippen molar-refractivity contribution < 1.29 is 0 Å². The molecule has 0 amide bonds. The SMILES string of the molecule is CNCCCCn1cnc2snc(C)c2c1=O. The van der Waals surface area contributed by atoms with Gasteiger partial charge in [-0.25, -0.2) is 4.98 Å². The van der Waals surface area contributed by atoms with Crippen LogP contribution in [0.5, 0.6) is 0 Å². The largest absolute Gasteiger partial charge is 0.320 e. The van der Waals surface area contributed by atoms with Crippen LogP contribution in [0.1, 0.15) is 18.5 Å². The van der Waals surface area contributed by atoms with Gasteiger partial charge in [0.05, 0.1) is 17.4 Å². The first-order valence-electron chi connectivity index (χ1n) is 5.70. The van der Waals surface area contributed by atoms with Crippen LogP contribution in [0.25, 0.3) is 10.2 Å². The molecule has 0 aliphatic heterocycles. The van der Waals surface area contributed by atoms with Gasteiger partial charge in [0, 0.05) is 6.54 Å². The minimum absolute atomic E-state index is 0.0331. The molecule has 5 nitrogen and oxygen atoms in total. The van der Waals surface area contributed by atoms with Crippen LogP contribution in [-0.2, 0) is 6.54 Å². The quantitative estimate of drug-likeness (QED) is 0.811. The second-order valence-corrected chi connectivity index (χ2v) is 4.75. The first kappa shape index (κ1) is 12.2. The third-order valence-electron chi connectivity index (χ3n) is 2.71. The Morgan fingerprint density at radius 3 is 3.06 bits per heavy atom. The van der Waals surface area contributed by atoms with Crippen molar-refractivity contribution in [1.82, 2.24) is 19.2 Å². The second-order valence-electron chi connectivity index (χ2n) is 4.00. The van der Waals surface area contributed by atoms with Gasteiger partial charge >= 0.3 is 0 Å². The van der Waals surface area contributed by atoms with Crippen molar-refractivity contribution in [1.29, 1.82) is 0 Å². The van der Waals surface area contributed by atoms with Crippen LogP contribution in [0, 0.1) is 6.92 Å². The third-order valence-corrected chi connectivity index (χ3v) is 3.56. The fraction of sp³-hybridized carbons (Fsp3) is 0.545. The fourth-order valence-electron chi connectivity index (χ4n) is 1.75. The van der Waals surface area contributed by atoms with Crippen molar-refractivity contribution in [3.63, 3.8) is 0 Å². The summed E-state index contributed by atoms with van der Waals surface area (Å²) in [5, 5.41) is 3.76. The zero-order valence-electron chi connectivity index (χ0n) is 10.1. The number of rotatable bonds is 5. The Hall–Kier alpha value is -1.27. The molecular formula is C11H16N4OS. The average molecular weight is 252 g/mol. The van der Waals surface area contributed by atoms with E-state index in [2.05, 4.69) is 14.7 Å².